The van der Waals surface area contributed by atoms with Gasteiger partial charge in [0.2, 0.25) is 15.9 Å². The van der Waals surface area contributed by atoms with E-state index < -0.39 is 15.9 Å². The van der Waals surface area contributed by atoms with Crippen LogP contribution in [0, 0.1) is 11.3 Å². The fraction of sp³-hybridized carbons (Fsp3) is 0.385. The summed E-state index contributed by atoms with van der Waals surface area (Å²) in [4.78, 5) is 11.7. The second kappa shape index (κ2) is 7.61. The van der Waals surface area contributed by atoms with Crippen molar-refractivity contribution in [2.45, 2.75) is 0 Å². The van der Waals surface area contributed by atoms with E-state index in [2.05, 4.69) is 5.32 Å². The van der Waals surface area contributed by atoms with Crippen LogP contribution in [0.3, 0.4) is 0 Å². The van der Waals surface area contributed by atoms with Crippen LogP contribution in [0.2, 0.25) is 0 Å². The Morgan fingerprint density at radius 1 is 1.38 bits per heavy atom. The molecule has 0 heterocycles. The number of hydrogen-bond acceptors (Lipinski definition) is 5. The number of carbonyl (C=O) groups is 1. The molecule has 7 nitrogen and oxygen atoms in total. The van der Waals surface area contributed by atoms with Gasteiger partial charge < -0.3 is 10.1 Å². The SMILES string of the molecule is COCCNC(=O)CN(c1ccc(C#N)cc1)S(C)(=O)=O. The summed E-state index contributed by atoms with van der Waals surface area (Å²) >= 11 is 0. The minimum absolute atomic E-state index is 0.306. The number of methoxy groups -OCH3 is 1. The Morgan fingerprint density at radius 3 is 2.48 bits per heavy atom. The molecule has 0 saturated carbocycles. The topological polar surface area (TPSA) is 99.5 Å². The number of nitrogens with one attached hydrogen (secondary N) is 1. The lowest BCUT2D eigenvalue weighted by molar-refractivity contribution is -0.119. The van der Waals surface area contributed by atoms with Crippen LogP contribution >= 0.6 is 0 Å². The molecule has 114 valence electrons. The van der Waals surface area contributed by atoms with Crippen LogP contribution in [0.5, 0.6) is 0 Å². The number of sulfonamides is 1. The van der Waals surface area contributed by atoms with Gasteiger partial charge in [0.05, 0.1) is 30.2 Å². The lowest BCUT2D eigenvalue weighted by atomic mass is 10.2. The normalized spacial score (nSPS) is 10.7. The summed E-state index contributed by atoms with van der Waals surface area (Å²) in [5, 5.41) is 11.3. The lowest BCUT2D eigenvalue weighted by Crippen LogP contribution is -2.41. The van der Waals surface area contributed by atoms with Crippen LogP contribution in [-0.4, -0.2) is 47.4 Å². The summed E-state index contributed by atoms with van der Waals surface area (Å²) in [7, 11) is -2.10. The molecule has 21 heavy (non-hydrogen) atoms. The molecule has 1 aromatic rings. The van der Waals surface area contributed by atoms with Crippen molar-refractivity contribution in [2.24, 2.45) is 0 Å². The second-order valence-corrected chi connectivity index (χ2v) is 6.18. The van der Waals surface area contributed by atoms with E-state index in [1.165, 1.54) is 31.4 Å². The van der Waals surface area contributed by atoms with Gasteiger partial charge >= 0.3 is 0 Å². The van der Waals surface area contributed by atoms with Crippen LogP contribution in [0.1, 0.15) is 5.56 Å². The Balaban J connectivity index is 2.86. The highest BCUT2D eigenvalue weighted by Gasteiger charge is 2.20. The highest BCUT2D eigenvalue weighted by Crippen LogP contribution is 2.17. The van der Waals surface area contributed by atoms with Crippen molar-refractivity contribution in [3.63, 3.8) is 0 Å². The molecule has 1 aromatic carbocycles. The zero-order valence-corrected chi connectivity index (χ0v) is 12.7. The van der Waals surface area contributed by atoms with E-state index in [1.54, 1.807) is 0 Å². The zero-order valence-electron chi connectivity index (χ0n) is 11.9. The van der Waals surface area contributed by atoms with Crippen molar-refractivity contribution in [1.82, 2.24) is 5.32 Å². The van der Waals surface area contributed by atoms with Crippen LogP contribution in [0.4, 0.5) is 5.69 Å². The molecule has 1 rings (SSSR count). The molecule has 0 unspecified atom stereocenters. The minimum Gasteiger partial charge on any atom is -0.383 e. The van der Waals surface area contributed by atoms with Gasteiger partial charge in [-0.15, -0.1) is 0 Å². The summed E-state index contributed by atoms with van der Waals surface area (Å²) < 4.78 is 29.4. The third kappa shape index (κ3) is 5.41. The lowest BCUT2D eigenvalue weighted by Gasteiger charge is -2.21. The van der Waals surface area contributed by atoms with E-state index in [9.17, 15) is 13.2 Å². The molecule has 0 radical (unpaired) electrons. The predicted octanol–water partition coefficient (Wildman–Crippen LogP) is 0.0869. The van der Waals surface area contributed by atoms with Gasteiger partial charge in [0.15, 0.2) is 0 Å². The highest BCUT2D eigenvalue weighted by molar-refractivity contribution is 7.92. The van der Waals surface area contributed by atoms with Crippen LogP contribution < -0.4 is 9.62 Å². The fourth-order valence-corrected chi connectivity index (χ4v) is 2.44. The molecule has 8 heteroatoms. The molecule has 0 bridgehead atoms. The fourth-order valence-electron chi connectivity index (χ4n) is 1.58. The Hall–Kier alpha value is -2.11. The van der Waals surface area contributed by atoms with Gasteiger partial charge in [-0.05, 0) is 24.3 Å². The number of rotatable bonds is 7. The van der Waals surface area contributed by atoms with Crippen molar-refractivity contribution in [3.05, 3.63) is 29.8 Å². The number of ether oxygens (including phenoxy) is 1. The summed E-state index contributed by atoms with van der Waals surface area (Å²) in [5.41, 5.74) is 0.745. The Bertz CT molecular complexity index is 620. The summed E-state index contributed by atoms with van der Waals surface area (Å²) in [6.45, 7) is 0.330. The van der Waals surface area contributed by atoms with E-state index in [0.717, 1.165) is 10.6 Å². The molecular formula is C13H17N3O4S. The number of nitriles is 1. The maximum Gasteiger partial charge on any atom is 0.240 e. The monoisotopic (exact) mass is 311 g/mol. The third-order valence-electron chi connectivity index (χ3n) is 2.60. The summed E-state index contributed by atoms with van der Waals surface area (Å²) in [5.74, 6) is -0.429. The van der Waals surface area contributed by atoms with E-state index in [0.29, 0.717) is 24.4 Å². The first kappa shape index (κ1) is 16.9. The molecule has 0 aliphatic rings. The van der Waals surface area contributed by atoms with Crippen molar-refractivity contribution in [1.29, 1.82) is 5.26 Å². The molecule has 1 amide bonds. The van der Waals surface area contributed by atoms with Crippen molar-refractivity contribution >= 4 is 21.6 Å². The molecule has 0 aliphatic carbocycles. The number of carbonyl (C=O) groups excluding carboxylic acids is 1. The predicted molar refractivity (Wildman–Crippen MR) is 78.2 cm³/mol. The molecule has 0 fully saturated rings. The van der Waals surface area contributed by atoms with Crippen molar-refractivity contribution < 1.29 is 17.9 Å². The molecule has 0 saturated heterocycles. The summed E-state index contributed by atoms with van der Waals surface area (Å²) in [6.07, 6.45) is 1.02. The number of hydrogen-bond donors (Lipinski definition) is 1. The molecule has 0 spiro atoms. The smallest absolute Gasteiger partial charge is 0.240 e. The molecular weight excluding hydrogens is 294 g/mol. The van der Waals surface area contributed by atoms with Gasteiger partial charge in [0.1, 0.15) is 6.54 Å². The van der Waals surface area contributed by atoms with Gasteiger partial charge in [-0.1, -0.05) is 0 Å². The molecule has 1 N–H and O–H groups in total. The standard InChI is InChI=1S/C13H17N3O4S/c1-20-8-7-15-13(17)10-16(21(2,18)19)12-5-3-11(9-14)4-6-12/h3-6H,7-8,10H2,1-2H3,(H,15,17). The van der Waals surface area contributed by atoms with Crippen molar-refractivity contribution in [2.75, 3.05) is 37.4 Å². The highest BCUT2D eigenvalue weighted by atomic mass is 32.2. The van der Waals surface area contributed by atoms with Gasteiger partial charge in [0.25, 0.3) is 0 Å². The van der Waals surface area contributed by atoms with Gasteiger partial charge in [-0.2, -0.15) is 5.26 Å². The molecule has 0 aromatic heterocycles. The van der Waals surface area contributed by atoms with Gasteiger partial charge in [-0.3, -0.25) is 9.10 Å². The first-order valence-electron chi connectivity index (χ1n) is 6.12. The Morgan fingerprint density at radius 2 is 2.00 bits per heavy atom. The average molecular weight is 311 g/mol. The maximum absolute atomic E-state index is 11.8. The van der Waals surface area contributed by atoms with Gasteiger partial charge in [0, 0.05) is 13.7 Å². The quantitative estimate of drug-likeness (QED) is 0.719. The molecule has 0 aliphatic heterocycles. The minimum atomic E-state index is -3.60. The largest absolute Gasteiger partial charge is 0.383 e. The average Bonchev–Trinajstić information content (AvgIpc) is 2.44. The number of nitrogens with zero attached hydrogens (tertiary/aromatic N) is 2. The maximum atomic E-state index is 11.8. The first-order valence-corrected chi connectivity index (χ1v) is 7.97. The number of benzene rings is 1. The number of amides is 1. The van der Waals surface area contributed by atoms with Crippen molar-refractivity contribution in [3.8, 4) is 6.07 Å². The number of anilines is 1. The third-order valence-corrected chi connectivity index (χ3v) is 3.74. The summed E-state index contributed by atoms with van der Waals surface area (Å²) in [6, 6.07) is 7.91. The van der Waals surface area contributed by atoms with Gasteiger partial charge in [-0.25, -0.2) is 8.42 Å². The van der Waals surface area contributed by atoms with Crippen LogP contribution in [-0.2, 0) is 19.6 Å². The zero-order chi connectivity index (χ0) is 15.9. The second-order valence-electron chi connectivity index (χ2n) is 4.27. The first-order chi connectivity index (χ1) is 9.88. The van der Waals surface area contributed by atoms with Crippen LogP contribution in [0.25, 0.3) is 0 Å². The molecule has 0 atom stereocenters. The van der Waals surface area contributed by atoms with Crippen LogP contribution in [0.15, 0.2) is 24.3 Å². The Labute approximate surface area is 124 Å². The van der Waals surface area contributed by atoms with E-state index in [1.807, 2.05) is 6.07 Å². The van der Waals surface area contributed by atoms with E-state index >= 15 is 0 Å². The Kier molecular flexibility index (Phi) is 6.14. The van der Waals surface area contributed by atoms with E-state index in [4.69, 9.17) is 10.00 Å². The van der Waals surface area contributed by atoms with E-state index in [-0.39, 0.29) is 6.54 Å².